The molecule has 1 unspecified atom stereocenters. The number of rotatable bonds is 1. The van der Waals surface area contributed by atoms with E-state index in [1.54, 1.807) is 0 Å². The van der Waals surface area contributed by atoms with Crippen molar-refractivity contribution in [2.45, 2.75) is 11.7 Å². The van der Waals surface area contributed by atoms with Crippen LogP contribution in [0.3, 0.4) is 0 Å². The summed E-state index contributed by atoms with van der Waals surface area (Å²) in [4.78, 5) is 10.7. The van der Waals surface area contributed by atoms with Crippen LogP contribution in [0.5, 0.6) is 0 Å². The van der Waals surface area contributed by atoms with Gasteiger partial charge in [0.05, 0.1) is 0 Å². The highest BCUT2D eigenvalue weighted by Gasteiger charge is 2.58. The number of alkyl halides is 3. The SMILES string of the molecule is NC(=O)C1(C(F)(F)F)C=CC=CN1. The van der Waals surface area contributed by atoms with Crippen molar-refractivity contribution in [3.63, 3.8) is 0 Å². The minimum Gasteiger partial charge on any atom is -0.367 e. The van der Waals surface area contributed by atoms with Gasteiger partial charge in [-0.3, -0.25) is 4.79 Å². The molecule has 0 spiro atoms. The molecule has 0 fully saturated rings. The molecule has 0 aromatic rings. The molecule has 1 aliphatic rings. The van der Waals surface area contributed by atoms with Crippen LogP contribution in [0.1, 0.15) is 0 Å². The topological polar surface area (TPSA) is 55.1 Å². The quantitative estimate of drug-likeness (QED) is 0.633. The lowest BCUT2D eigenvalue weighted by Gasteiger charge is -2.31. The number of allylic oxidation sites excluding steroid dienone is 2. The number of nitrogens with two attached hydrogens (primary N) is 1. The zero-order valence-corrected chi connectivity index (χ0v) is 6.43. The first-order valence-electron chi connectivity index (χ1n) is 3.39. The van der Waals surface area contributed by atoms with Gasteiger partial charge < -0.3 is 11.1 Å². The normalized spacial score (nSPS) is 27.0. The third kappa shape index (κ3) is 1.39. The van der Waals surface area contributed by atoms with E-state index in [1.807, 2.05) is 5.32 Å². The van der Waals surface area contributed by atoms with Gasteiger partial charge in [-0.25, -0.2) is 0 Å². The van der Waals surface area contributed by atoms with Gasteiger partial charge in [0, 0.05) is 0 Å². The fourth-order valence-corrected chi connectivity index (χ4v) is 0.952. The Kier molecular flexibility index (Phi) is 2.07. The van der Waals surface area contributed by atoms with E-state index >= 15 is 0 Å². The molecule has 1 rings (SSSR count). The molecule has 1 heterocycles. The highest BCUT2D eigenvalue weighted by atomic mass is 19.4. The molecule has 0 saturated heterocycles. The zero-order chi connectivity index (χ0) is 10.1. The number of primary amides is 1. The van der Waals surface area contributed by atoms with Gasteiger partial charge in [0.1, 0.15) is 0 Å². The maximum Gasteiger partial charge on any atom is 0.424 e. The predicted octanol–water partition coefficient (Wildman–Crippen LogP) is 0.446. The van der Waals surface area contributed by atoms with E-state index < -0.39 is 17.6 Å². The monoisotopic (exact) mass is 192 g/mol. The Hall–Kier alpha value is -1.46. The molecule has 0 aliphatic carbocycles. The number of carbonyl (C=O) groups is 1. The van der Waals surface area contributed by atoms with Crippen molar-refractivity contribution in [1.82, 2.24) is 5.32 Å². The number of hydrogen-bond donors (Lipinski definition) is 2. The number of hydrogen-bond acceptors (Lipinski definition) is 2. The maximum atomic E-state index is 12.4. The third-order valence-corrected chi connectivity index (χ3v) is 1.70. The van der Waals surface area contributed by atoms with Crippen LogP contribution in [0.15, 0.2) is 24.4 Å². The second-order valence-corrected chi connectivity index (χ2v) is 2.53. The van der Waals surface area contributed by atoms with E-state index in [9.17, 15) is 18.0 Å². The lowest BCUT2D eigenvalue weighted by atomic mass is 9.96. The van der Waals surface area contributed by atoms with E-state index in [0.717, 1.165) is 12.3 Å². The van der Waals surface area contributed by atoms with E-state index in [1.165, 1.54) is 6.08 Å². The number of dihydropyridines is 1. The lowest BCUT2D eigenvalue weighted by Crippen LogP contribution is -2.62. The first kappa shape index (κ1) is 9.63. The van der Waals surface area contributed by atoms with E-state index in [2.05, 4.69) is 5.73 Å². The van der Waals surface area contributed by atoms with Crippen LogP contribution in [0.4, 0.5) is 13.2 Å². The van der Waals surface area contributed by atoms with Gasteiger partial charge in [0.15, 0.2) is 0 Å². The van der Waals surface area contributed by atoms with Crippen molar-refractivity contribution in [2.75, 3.05) is 0 Å². The summed E-state index contributed by atoms with van der Waals surface area (Å²) in [5.41, 5.74) is 1.92. The van der Waals surface area contributed by atoms with Crippen molar-refractivity contribution in [1.29, 1.82) is 0 Å². The second kappa shape index (κ2) is 2.79. The van der Waals surface area contributed by atoms with Crippen LogP contribution >= 0.6 is 0 Å². The average Bonchev–Trinajstić information content (AvgIpc) is 2.03. The summed E-state index contributed by atoms with van der Waals surface area (Å²) >= 11 is 0. The van der Waals surface area contributed by atoms with Gasteiger partial charge >= 0.3 is 6.18 Å². The molecule has 0 bridgehead atoms. The van der Waals surface area contributed by atoms with E-state index in [-0.39, 0.29) is 0 Å². The minimum atomic E-state index is -4.74. The second-order valence-electron chi connectivity index (χ2n) is 2.53. The predicted molar refractivity (Wildman–Crippen MR) is 39.4 cm³/mol. The first-order chi connectivity index (χ1) is 5.90. The molecule has 1 aliphatic heterocycles. The molecule has 1 amide bonds. The molecule has 3 nitrogen and oxygen atoms in total. The summed E-state index contributed by atoms with van der Waals surface area (Å²) < 4.78 is 37.2. The van der Waals surface area contributed by atoms with Gasteiger partial charge in [-0.2, -0.15) is 13.2 Å². The highest BCUT2D eigenvalue weighted by molar-refractivity contribution is 5.88. The van der Waals surface area contributed by atoms with Crippen LogP contribution in [0, 0.1) is 0 Å². The van der Waals surface area contributed by atoms with Crippen molar-refractivity contribution in [3.05, 3.63) is 24.4 Å². The Balaban J connectivity index is 3.10. The summed E-state index contributed by atoms with van der Waals surface area (Å²) in [6.07, 6.45) is -0.560. The number of halogens is 3. The largest absolute Gasteiger partial charge is 0.424 e. The molecular formula is C7H7F3N2O. The van der Waals surface area contributed by atoms with E-state index in [0.29, 0.717) is 6.08 Å². The van der Waals surface area contributed by atoms with Crippen LogP contribution in [0.25, 0.3) is 0 Å². The molecular weight excluding hydrogens is 185 g/mol. The van der Waals surface area contributed by atoms with Crippen molar-refractivity contribution < 1.29 is 18.0 Å². The molecule has 0 aromatic heterocycles. The van der Waals surface area contributed by atoms with Gasteiger partial charge in [-0.1, -0.05) is 6.08 Å². The number of nitrogens with one attached hydrogen (secondary N) is 1. The zero-order valence-electron chi connectivity index (χ0n) is 6.43. The van der Waals surface area contributed by atoms with E-state index in [4.69, 9.17) is 0 Å². The minimum absolute atomic E-state index is 0.690. The molecule has 0 saturated carbocycles. The molecule has 0 aromatic carbocycles. The average molecular weight is 192 g/mol. The fraction of sp³-hybridized carbons (Fsp3) is 0.286. The van der Waals surface area contributed by atoms with Crippen molar-refractivity contribution in [2.24, 2.45) is 5.73 Å². The van der Waals surface area contributed by atoms with Gasteiger partial charge in [-0.15, -0.1) is 0 Å². The molecule has 72 valence electrons. The Morgan fingerprint density at radius 2 is 2.00 bits per heavy atom. The van der Waals surface area contributed by atoms with Gasteiger partial charge in [-0.05, 0) is 18.4 Å². The van der Waals surface area contributed by atoms with Crippen LogP contribution in [-0.4, -0.2) is 17.6 Å². The summed E-state index contributed by atoms with van der Waals surface area (Å²) in [5.74, 6) is -1.47. The summed E-state index contributed by atoms with van der Waals surface area (Å²) in [7, 11) is 0. The molecule has 6 heteroatoms. The molecule has 13 heavy (non-hydrogen) atoms. The Morgan fingerprint density at radius 3 is 2.23 bits per heavy atom. The first-order valence-corrected chi connectivity index (χ1v) is 3.39. The van der Waals surface area contributed by atoms with Crippen LogP contribution in [-0.2, 0) is 4.79 Å². The van der Waals surface area contributed by atoms with Crippen molar-refractivity contribution >= 4 is 5.91 Å². The number of carbonyl (C=O) groups excluding carboxylic acids is 1. The third-order valence-electron chi connectivity index (χ3n) is 1.70. The molecule has 3 N–H and O–H groups in total. The molecule has 0 radical (unpaired) electrons. The highest BCUT2D eigenvalue weighted by Crippen LogP contribution is 2.32. The van der Waals surface area contributed by atoms with Crippen LogP contribution < -0.4 is 11.1 Å². The molecule has 1 atom stereocenters. The summed E-state index contributed by atoms with van der Waals surface area (Å²) in [6, 6.07) is 0. The maximum absolute atomic E-state index is 12.4. The Labute approximate surface area is 72.1 Å². The smallest absolute Gasteiger partial charge is 0.367 e. The number of amides is 1. The van der Waals surface area contributed by atoms with Gasteiger partial charge in [0.2, 0.25) is 5.54 Å². The van der Waals surface area contributed by atoms with Gasteiger partial charge in [0.25, 0.3) is 5.91 Å². The fourth-order valence-electron chi connectivity index (χ4n) is 0.952. The standard InChI is InChI=1S/C7H7F3N2O/c8-7(9,10)6(5(11)13)3-1-2-4-12-6/h1-4,12H,(H2,11,13). The van der Waals surface area contributed by atoms with Crippen LogP contribution in [0.2, 0.25) is 0 Å². The summed E-state index contributed by atoms with van der Waals surface area (Å²) in [5, 5.41) is 1.91. The van der Waals surface area contributed by atoms with Crippen molar-refractivity contribution in [3.8, 4) is 0 Å². The summed E-state index contributed by atoms with van der Waals surface area (Å²) in [6.45, 7) is 0. The Morgan fingerprint density at radius 1 is 1.38 bits per heavy atom. The Bertz CT molecular complexity index is 282. The lowest BCUT2D eigenvalue weighted by molar-refractivity contribution is -0.184.